The number of rotatable bonds is 7. The summed E-state index contributed by atoms with van der Waals surface area (Å²) in [6, 6.07) is 15.8. The van der Waals surface area contributed by atoms with Crippen LogP contribution in [0.3, 0.4) is 0 Å². The molecule has 0 spiro atoms. The highest BCUT2D eigenvalue weighted by Gasteiger charge is 2.13. The largest absolute Gasteiger partial charge is 0.494 e. The minimum Gasteiger partial charge on any atom is -0.494 e. The smallest absolute Gasteiger partial charge is 0.119 e. The van der Waals surface area contributed by atoms with Gasteiger partial charge in [0.2, 0.25) is 0 Å². The van der Waals surface area contributed by atoms with Crippen molar-refractivity contribution in [2.75, 3.05) is 13.2 Å². The van der Waals surface area contributed by atoms with Gasteiger partial charge in [0.15, 0.2) is 0 Å². The van der Waals surface area contributed by atoms with Crippen molar-refractivity contribution in [2.24, 2.45) is 5.84 Å². The van der Waals surface area contributed by atoms with Crippen LogP contribution in [0.15, 0.2) is 48.5 Å². The second-order valence-corrected chi connectivity index (χ2v) is 4.61. The highest BCUT2D eigenvalue weighted by atomic mass is 16.5. The van der Waals surface area contributed by atoms with Gasteiger partial charge in [-0.2, -0.15) is 0 Å². The predicted octanol–water partition coefficient (Wildman–Crippen LogP) is 3.04. The van der Waals surface area contributed by atoms with Gasteiger partial charge in [-0.3, -0.25) is 5.84 Å². The first kappa shape index (κ1) is 15.4. The van der Waals surface area contributed by atoms with Crippen molar-refractivity contribution >= 4 is 0 Å². The molecule has 0 amide bonds. The average molecular weight is 286 g/mol. The van der Waals surface area contributed by atoms with Gasteiger partial charge in [0.1, 0.15) is 11.5 Å². The first-order valence-corrected chi connectivity index (χ1v) is 7.20. The maximum atomic E-state index is 5.74. The Kier molecular flexibility index (Phi) is 5.60. The van der Waals surface area contributed by atoms with Crippen molar-refractivity contribution in [3.05, 3.63) is 59.7 Å². The zero-order valence-corrected chi connectivity index (χ0v) is 12.5. The first-order chi connectivity index (χ1) is 10.3. The molecule has 2 aromatic rings. The molecule has 0 saturated carbocycles. The molecule has 0 fully saturated rings. The number of ether oxygens (including phenoxy) is 2. The number of hydrogen-bond acceptors (Lipinski definition) is 4. The Morgan fingerprint density at radius 2 is 1.57 bits per heavy atom. The van der Waals surface area contributed by atoms with Gasteiger partial charge in [-0.05, 0) is 49.2 Å². The first-order valence-electron chi connectivity index (χ1n) is 7.20. The standard InChI is InChI=1S/C17H22N2O2/c1-3-20-15-10-8-13(9-11-15)17(19-18)14-6-5-7-16(12-14)21-4-2/h5-12,17,19H,3-4,18H2,1-2H3. The van der Waals surface area contributed by atoms with Crippen LogP contribution in [0.1, 0.15) is 31.0 Å². The van der Waals surface area contributed by atoms with Gasteiger partial charge in [-0.25, -0.2) is 5.43 Å². The molecule has 21 heavy (non-hydrogen) atoms. The van der Waals surface area contributed by atoms with Gasteiger partial charge < -0.3 is 9.47 Å². The van der Waals surface area contributed by atoms with Gasteiger partial charge in [0.25, 0.3) is 0 Å². The van der Waals surface area contributed by atoms with Crippen molar-refractivity contribution in [3.63, 3.8) is 0 Å². The molecule has 0 saturated heterocycles. The summed E-state index contributed by atoms with van der Waals surface area (Å²) >= 11 is 0. The van der Waals surface area contributed by atoms with E-state index in [2.05, 4.69) is 5.43 Å². The molecule has 0 radical (unpaired) electrons. The van der Waals surface area contributed by atoms with E-state index < -0.39 is 0 Å². The highest BCUT2D eigenvalue weighted by molar-refractivity contribution is 5.38. The molecule has 4 heteroatoms. The third-order valence-electron chi connectivity index (χ3n) is 3.19. The van der Waals surface area contributed by atoms with Crippen LogP contribution in [0.25, 0.3) is 0 Å². The molecule has 1 unspecified atom stereocenters. The summed E-state index contributed by atoms with van der Waals surface area (Å²) < 4.78 is 11.0. The molecule has 1 atom stereocenters. The van der Waals surface area contributed by atoms with E-state index in [1.54, 1.807) is 0 Å². The number of hydrogen-bond donors (Lipinski definition) is 2. The van der Waals surface area contributed by atoms with Crippen LogP contribution in [-0.4, -0.2) is 13.2 Å². The SMILES string of the molecule is CCOc1ccc(C(NN)c2cccc(OCC)c2)cc1. The molecule has 4 nitrogen and oxygen atoms in total. The Morgan fingerprint density at radius 1 is 0.905 bits per heavy atom. The fraction of sp³-hybridized carbons (Fsp3) is 0.294. The van der Waals surface area contributed by atoms with E-state index in [-0.39, 0.29) is 6.04 Å². The van der Waals surface area contributed by atoms with Crippen LogP contribution < -0.4 is 20.7 Å². The summed E-state index contributed by atoms with van der Waals surface area (Å²) in [6.45, 7) is 5.25. The number of nitrogens with one attached hydrogen (secondary N) is 1. The van der Waals surface area contributed by atoms with Gasteiger partial charge in [-0.1, -0.05) is 24.3 Å². The minimum atomic E-state index is -0.0823. The maximum absolute atomic E-state index is 5.74. The topological polar surface area (TPSA) is 56.5 Å². The van der Waals surface area contributed by atoms with Crippen LogP contribution in [-0.2, 0) is 0 Å². The predicted molar refractivity (Wildman–Crippen MR) is 84.4 cm³/mol. The molecule has 3 N–H and O–H groups in total. The second-order valence-electron chi connectivity index (χ2n) is 4.61. The van der Waals surface area contributed by atoms with E-state index in [4.69, 9.17) is 15.3 Å². The van der Waals surface area contributed by atoms with Crippen LogP contribution in [0.2, 0.25) is 0 Å². The zero-order chi connectivity index (χ0) is 15.1. The lowest BCUT2D eigenvalue weighted by Crippen LogP contribution is -2.28. The molecule has 2 rings (SSSR count). The Balaban J connectivity index is 2.24. The molecule has 112 valence electrons. The normalized spacial score (nSPS) is 12.0. The minimum absolute atomic E-state index is 0.0823. The Labute approximate surface area is 125 Å². The number of benzene rings is 2. The Bertz CT molecular complexity index is 555. The van der Waals surface area contributed by atoms with Crippen molar-refractivity contribution < 1.29 is 9.47 Å². The lowest BCUT2D eigenvalue weighted by molar-refractivity contribution is 0.339. The zero-order valence-electron chi connectivity index (χ0n) is 12.5. The summed E-state index contributed by atoms with van der Waals surface area (Å²) in [5, 5.41) is 0. The molecule has 0 aliphatic heterocycles. The summed E-state index contributed by atoms with van der Waals surface area (Å²) in [6.07, 6.45) is 0. The van der Waals surface area contributed by atoms with E-state index in [1.807, 2.05) is 62.4 Å². The number of hydrazine groups is 1. The molecule has 0 aromatic heterocycles. The highest BCUT2D eigenvalue weighted by Crippen LogP contribution is 2.26. The lowest BCUT2D eigenvalue weighted by Gasteiger charge is -2.18. The molecule has 2 aromatic carbocycles. The summed E-state index contributed by atoms with van der Waals surface area (Å²) in [5.74, 6) is 7.45. The third kappa shape index (κ3) is 3.97. The third-order valence-corrected chi connectivity index (χ3v) is 3.19. The van der Waals surface area contributed by atoms with Gasteiger partial charge in [0.05, 0.1) is 19.3 Å². The van der Waals surface area contributed by atoms with Gasteiger partial charge in [-0.15, -0.1) is 0 Å². The summed E-state index contributed by atoms with van der Waals surface area (Å²) in [7, 11) is 0. The summed E-state index contributed by atoms with van der Waals surface area (Å²) in [5.41, 5.74) is 5.00. The van der Waals surface area contributed by atoms with Crippen LogP contribution in [0, 0.1) is 0 Å². The van der Waals surface area contributed by atoms with E-state index >= 15 is 0 Å². The van der Waals surface area contributed by atoms with Crippen molar-refractivity contribution in [1.82, 2.24) is 5.43 Å². The van der Waals surface area contributed by atoms with Crippen molar-refractivity contribution in [2.45, 2.75) is 19.9 Å². The quantitative estimate of drug-likeness (QED) is 0.607. The van der Waals surface area contributed by atoms with Crippen LogP contribution >= 0.6 is 0 Å². The lowest BCUT2D eigenvalue weighted by atomic mass is 9.99. The summed E-state index contributed by atoms with van der Waals surface area (Å²) in [4.78, 5) is 0. The second kappa shape index (κ2) is 7.67. The average Bonchev–Trinajstić information content (AvgIpc) is 2.51. The van der Waals surface area contributed by atoms with Gasteiger partial charge >= 0.3 is 0 Å². The van der Waals surface area contributed by atoms with E-state index in [0.717, 1.165) is 22.6 Å². The molecule has 0 heterocycles. The van der Waals surface area contributed by atoms with Crippen LogP contribution in [0.5, 0.6) is 11.5 Å². The Hall–Kier alpha value is -2.04. The fourth-order valence-electron chi connectivity index (χ4n) is 2.26. The molecular formula is C17H22N2O2. The van der Waals surface area contributed by atoms with E-state index in [0.29, 0.717) is 13.2 Å². The monoisotopic (exact) mass is 286 g/mol. The number of nitrogens with two attached hydrogens (primary N) is 1. The molecular weight excluding hydrogens is 264 g/mol. The molecule has 0 bridgehead atoms. The van der Waals surface area contributed by atoms with Crippen LogP contribution in [0.4, 0.5) is 0 Å². The molecule has 0 aliphatic rings. The van der Waals surface area contributed by atoms with Gasteiger partial charge in [0, 0.05) is 0 Å². The maximum Gasteiger partial charge on any atom is 0.119 e. The van der Waals surface area contributed by atoms with E-state index in [9.17, 15) is 0 Å². The van der Waals surface area contributed by atoms with E-state index in [1.165, 1.54) is 0 Å². The molecule has 0 aliphatic carbocycles. The fourth-order valence-corrected chi connectivity index (χ4v) is 2.26. The Morgan fingerprint density at radius 3 is 2.19 bits per heavy atom. The van der Waals surface area contributed by atoms with Crippen molar-refractivity contribution in [3.8, 4) is 11.5 Å². The van der Waals surface area contributed by atoms with Crippen molar-refractivity contribution in [1.29, 1.82) is 0 Å².